The Morgan fingerprint density at radius 3 is 2.61 bits per heavy atom. The van der Waals surface area contributed by atoms with Crippen LogP contribution in [0.4, 0.5) is 4.79 Å². The first kappa shape index (κ1) is 21.2. The summed E-state index contributed by atoms with van der Waals surface area (Å²) in [5.41, 5.74) is 2.77. The molecule has 1 amide bonds. The highest BCUT2D eigenvalue weighted by Gasteiger charge is 2.46. The van der Waals surface area contributed by atoms with Crippen LogP contribution in [0.25, 0.3) is 10.9 Å². The molecular weight excluding hydrogens is 424 g/mol. The van der Waals surface area contributed by atoms with E-state index in [0.717, 1.165) is 27.7 Å². The topological polar surface area (TPSA) is 90.1 Å². The highest BCUT2D eigenvalue weighted by atomic mass is 16.7. The van der Waals surface area contributed by atoms with E-state index >= 15 is 0 Å². The predicted molar refractivity (Wildman–Crippen MR) is 120 cm³/mol. The molecule has 0 spiro atoms. The van der Waals surface area contributed by atoms with Crippen molar-refractivity contribution in [2.24, 2.45) is 0 Å². The Morgan fingerprint density at radius 2 is 1.85 bits per heavy atom. The van der Waals surface area contributed by atoms with Crippen LogP contribution < -0.4 is 9.47 Å². The molecule has 2 aliphatic rings. The number of hydrogen-bond acceptors (Lipinski definition) is 6. The van der Waals surface area contributed by atoms with Gasteiger partial charge in [0.1, 0.15) is 17.7 Å². The Morgan fingerprint density at radius 1 is 1.09 bits per heavy atom. The van der Waals surface area contributed by atoms with Crippen LogP contribution in [0.1, 0.15) is 43.6 Å². The molecule has 1 N–H and O–H groups in total. The standard InChI is InChI=1S/C25H26N2O6/c1-25(2,3)33-24(29)27-18(23(28)30-4)12-16-15-7-5-6-8-17(15)26-21(16)22(27)14-9-10-19-20(11-14)32-13-31-19/h5-11,18,22,26H,12-13H2,1-4H3/t18-,22+/m1/s1. The van der Waals surface area contributed by atoms with Crippen molar-refractivity contribution in [1.82, 2.24) is 9.88 Å². The number of nitrogens with zero attached hydrogens (tertiary/aromatic N) is 1. The Labute approximate surface area is 191 Å². The first-order valence-electron chi connectivity index (χ1n) is 10.8. The number of methoxy groups -OCH3 is 1. The van der Waals surface area contributed by atoms with E-state index in [9.17, 15) is 9.59 Å². The molecule has 0 aliphatic carbocycles. The van der Waals surface area contributed by atoms with Crippen LogP contribution in [0.15, 0.2) is 42.5 Å². The van der Waals surface area contributed by atoms with Crippen molar-refractivity contribution in [2.45, 2.75) is 44.9 Å². The lowest BCUT2D eigenvalue weighted by atomic mass is 9.88. The number of aromatic nitrogens is 1. The molecule has 33 heavy (non-hydrogen) atoms. The van der Waals surface area contributed by atoms with Crippen LogP contribution in [0.2, 0.25) is 0 Å². The number of nitrogens with one attached hydrogen (secondary N) is 1. The van der Waals surface area contributed by atoms with Crippen molar-refractivity contribution in [1.29, 1.82) is 0 Å². The summed E-state index contributed by atoms with van der Waals surface area (Å²) in [6, 6.07) is 12.0. The number of H-pyrrole nitrogens is 1. The molecule has 2 aliphatic heterocycles. The minimum Gasteiger partial charge on any atom is -0.467 e. The normalized spacial score (nSPS) is 19.3. The second-order valence-electron chi connectivity index (χ2n) is 9.21. The third-order valence-electron chi connectivity index (χ3n) is 5.92. The van der Waals surface area contributed by atoms with Crippen molar-refractivity contribution >= 4 is 23.0 Å². The van der Waals surface area contributed by atoms with Gasteiger partial charge < -0.3 is 23.9 Å². The van der Waals surface area contributed by atoms with Gasteiger partial charge in [-0.3, -0.25) is 4.90 Å². The number of amides is 1. The van der Waals surface area contributed by atoms with E-state index < -0.39 is 29.7 Å². The van der Waals surface area contributed by atoms with Crippen molar-refractivity contribution in [2.75, 3.05) is 13.9 Å². The second kappa shape index (κ2) is 7.72. The van der Waals surface area contributed by atoms with Crippen molar-refractivity contribution in [3.05, 3.63) is 59.3 Å². The monoisotopic (exact) mass is 450 g/mol. The maximum atomic E-state index is 13.5. The van der Waals surface area contributed by atoms with E-state index in [4.69, 9.17) is 18.9 Å². The first-order chi connectivity index (χ1) is 15.8. The molecule has 0 unspecified atom stereocenters. The van der Waals surface area contributed by atoms with E-state index in [-0.39, 0.29) is 6.79 Å². The summed E-state index contributed by atoms with van der Waals surface area (Å²) < 4.78 is 21.9. The number of para-hydroxylation sites is 1. The molecule has 8 heteroatoms. The van der Waals surface area contributed by atoms with Crippen molar-refractivity contribution in [3.8, 4) is 11.5 Å². The molecule has 0 fully saturated rings. The average molecular weight is 450 g/mol. The summed E-state index contributed by atoms with van der Waals surface area (Å²) in [6.07, 6.45) is -0.281. The highest BCUT2D eigenvalue weighted by Crippen LogP contribution is 2.44. The fourth-order valence-corrected chi connectivity index (χ4v) is 4.58. The maximum Gasteiger partial charge on any atom is 0.411 e. The van der Waals surface area contributed by atoms with Gasteiger partial charge in [0, 0.05) is 23.0 Å². The molecule has 172 valence electrons. The smallest absolute Gasteiger partial charge is 0.411 e. The zero-order chi connectivity index (χ0) is 23.3. The van der Waals surface area contributed by atoms with Gasteiger partial charge in [0.05, 0.1) is 7.11 Å². The number of rotatable bonds is 2. The number of hydrogen-bond donors (Lipinski definition) is 1. The molecule has 0 bridgehead atoms. The SMILES string of the molecule is COC(=O)[C@H]1Cc2c([nH]c3ccccc23)[C@H](c2ccc3c(c2)OCO3)N1C(=O)OC(C)(C)C. The zero-order valence-electron chi connectivity index (χ0n) is 19.0. The van der Waals surface area contributed by atoms with Gasteiger partial charge in [-0.25, -0.2) is 9.59 Å². The fourth-order valence-electron chi connectivity index (χ4n) is 4.58. The Kier molecular flexibility index (Phi) is 4.96. The minimum atomic E-state index is -0.855. The number of fused-ring (bicyclic) bond motifs is 4. The molecule has 5 rings (SSSR count). The summed E-state index contributed by atoms with van der Waals surface area (Å²) in [4.78, 5) is 31.4. The summed E-state index contributed by atoms with van der Waals surface area (Å²) in [5, 5.41) is 1.01. The maximum absolute atomic E-state index is 13.5. The van der Waals surface area contributed by atoms with E-state index in [1.165, 1.54) is 12.0 Å². The van der Waals surface area contributed by atoms with E-state index in [2.05, 4.69) is 4.98 Å². The van der Waals surface area contributed by atoms with Gasteiger partial charge in [0.15, 0.2) is 11.5 Å². The summed E-state index contributed by atoms with van der Waals surface area (Å²) in [6.45, 7) is 5.53. The summed E-state index contributed by atoms with van der Waals surface area (Å²) in [5.74, 6) is 0.733. The van der Waals surface area contributed by atoms with Gasteiger partial charge in [-0.2, -0.15) is 0 Å². The molecule has 2 aromatic carbocycles. The third kappa shape index (κ3) is 3.65. The third-order valence-corrected chi connectivity index (χ3v) is 5.92. The fraction of sp³-hybridized carbons (Fsp3) is 0.360. The number of aromatic amines is 1. The summed E-state index contributed by atoms with van der Waals surface area (Å²) in [7, 11) is 1.33. The number of esters is 1. The zero-order valence-corrected chi connectivity index (χ0v) is 19.0. The van der Waals surface area contributed by atoms with Gasteiger partial charge in [0.25, 0.3) is 0 Å². The van der Waals surface area contributed by atoms with Crippen molar-refractivity contribution < 1.29 is 28.5 Å². The lowest BCUT2D eigenvalue weighted by Crippen LogP contribution is -2.53. The number of carbonyl (C=O) groups is 2. The molecule has 0 saturated carbocycles. The van der Waals surface area contributed by atoms with Gasteiger partial charge in [0.2, 0.25) is 6.79 Å². The van der Waals surface area contributed by atoms with E-state index in [0.29, 0.717) is 17.9 Å². The second-order valence-corrected chi connectivity index (χ2v) is 9.21. The van der Waals surface area contributed by atoms with E-state index in [1.807, 2.05) is 42.5 Å². The average Bonchev–Trinajstić information content (AvgIpc) is 3.39. The van der Waals surface area contributed by atoms with Crippen LogP contribution in [-0.2, 0) is 20.7 Å². The van der Waals surface area contributed by atoms with Gasteiger partial charge in [-0.1, -0.05) is 24.3 Å². The molecule has 8 nitrogen and oxygen atoms in total. The largest absolute Gasteiger partial charge is 0.467 e. The van der Waals surface area contributed by atoms with Crippen LogP contribution in [0.3, 0.4) is 0 Å². The molecular formula is C25H26N2O6. The Balaban J connectivity index is 1.72. The number of ether oxygens (including phenoxy) is 4. The van der Waals surface area contributed by atoms with Crippen molar-refractivity contribution in [3.63, 3.8) is 0 Å². The minimum absolute atomic E-state index is 0.141. The Hall–Kier alpha value is -3.68. The lowest BCUT2D eigenvalue weighted by Gasteiger charge is -2.41. The van der Waals surface area contributed by atoms with Crippen LogP contribution in [0, 0.1) is 0 Å². The molecule has 0 radical (unpaired) electrons. The predicted octanol–water partition coefficient (Wildman–Crippen LogP) is 4.32. The first-order valence-corrected chi connectivity index (χ1v) is 10.8. The molecule has 3 heterocycles. The van der Waals surface area contributed by atoms with Gasteiger partial charge >= 0.3 is 12.1 Å². The number of benzene rings is 2. The van der Waals surface area contributed by atoms with Crippen LogP contribution in [0.5, 0.6) is 11.5 Å². The van der Waals surface area contributed by atoms with Crippen LogP contribution in [-0.4, -0.2) is 47.5 Å². The quantitative estimate of drug-likeness (QED) is 0.585. The Bertz CT molecular complexity index is 1240. The highest BCUT2D eigenvalue weighted by molar-refractivity contribution is 5.89. The van der Waals surface area contributed by atoms with E-state index in [1.54, 1.807) is 20.8 Å². The van der Waals surface area contributed by atoms with Gasteiger partial charge in [-0.15, -0.1) is 0 Å². The molecule has 3 aromatic rings. The number of carbonyl (C=O) groups excluding carboxylic acids is 2. The lowest BCUT2D eigenvalue weighted by molar-refractivity contribution is -0.148. The molecule has 0 saturated heterocycles. The van der Waals surface area contributed by atoms with Gasteiger partial charge in [-0.05, 0) is 50.1 Å². The summed E-state index contributed by atoms with van der Waals surface area (Å²) >= 11 is 0. The molecule has 2 atom stereocenters. The molecule has 1 aromatic heterocycles. The van der Waals surface area contributed by atoms with Crippen LogP contribution >= 0.6 is 0 Å².